The number of piperidine rings is 2. The van der Waals surface area contributed by atoms with Gasteiger partial charge in [-0.15, -0.1) is 0 Å². The number of hydrogen-bond acceptors (Lipinski definition) is 2. The summed E-state index contributed by atoms with van der Waals surface area (Å²) in [4.78, 5) is 14.5. The molecule has 3 rings (SSSR count). The molecule has 2 aliphatic rings. The summed E-state index contributed by atoms with van der Waals surface area (Å²) in [6, 6.07) is 4.91. The predicted molar refractivity (Wildman–Crippen MR) is 85.5 cm³/mol. The Morgan fingerprint density at radius 3 is 2.50 bits per heavy atom. The van der Waals surface area contributed by atoms with Crippen molar-refractivity contribution in [3.05, 3.63) is 35.1 Å². The number of likely N-dealkylation sites (tertiary alicyclic amines) is 1. The Morgan fingerprint density at radius 2 is 1.82 bits per heavy atom. The van der Waals surface area contributed by atoms with Crippen LogP contribution >= 0.6 is 0 Å². The molecule has 0 spiro atoms. The first-order chi connectivity index (χ1) is 10.6. The number of benzene rings is 1. The van der Waals surface area contributed by atoms with Crippen LogP contribution in [-0.2, 0) is 0 Å². The van der Waals surface area contributed by atoms with Crippen molar-refractivity contribution >= 4 is 5.91 Å². The van der Waals surface area contributed by atoms with Crippen molar-refractivity contribution in [3.8, 4) is 0 Å². The molecule has 1 amide bonds. The number of nitrogens with zero attached hydrogens (tertiary/aromatic N) is 1. The van der Waals surface area contributed by atoms with E-state index in [2.05, 4.69) is 12.2 Å². The lowest BCUT2D eigenvalue weighted by atomic mass is 9.89. The molecule has 1 aromatic carbocycles. The highest BCUT2D eigenvalue weighted by Crippen LogP contribution is 2.27. The van der Waals surface area contributed by atoms with Crippen LogP contribution in [0.15, 0.2) is 18.2 Å². The standard InChI is InChI=1S/C18H25FN2O/c1-13-4-8-21(9-5-13)18(22)16-10-15(11-17(19)12-16)14-2-6-20-7-3-14/h10-14,20H,2-9H2,1H3. The number of rotatable bonds is 2. The summed E-state index contributed by atoms with van der Waals surface area (Å²) in [7, 11) is 0. The number of halogens is 1. The van der Waals surface area contributed by atoms with E-state index in [-0.39, 0.29) is 11.7 Å². The highest BCUT2D eigenvalue weighted by molar-refractivity contribution is 5.94. The van der Waals surface area contributed by atoms with Gasteiger partial charge in [-0.1, -0.05) is 6.92 Å². The molecule has 2 fully saturated rings. The topological polar surface area (TPSA) is 32.3 Å². The third kappa shape index (κ3) is 3.49. The molecule has 1 aromatic rings. The number of carbonyl (C=O) groups is 1. The highest BCUT2D eigenvalue weighted by atomic mass is 19.1. The van der Waals surface area contributed by atoms with E-state index in [9.17, 15) is 9.18 Å². The van der Waals surface area contributed by atoms with Crippen LogP contribution in [0.4, 0.5) is 4.39 Å². The van der Waals surface area contributed by atoms with E-state index in [1.54, 1.807) is 6.07 Å². The first kappa shape index (κ1) is 15.5. The van der Waals surface area contributed by atoms with Crippen LogP contribution in [0.1, 0.15) is 54.4 Å². The summed E-state index contributed by atoms with van der Waals surface area (Å²) in [5.74, 6) is 0.748. The first-order valence-electron chi connectivity index (χ1n) is 8.44. The fourth-order valence-corrected chi connectivity index (χ4v) is 3.52. The largest absolute Gasteiger partial charge is 0.339 e. The van der Waals surface area contributed by atoms with Crippen LogP contribution in [0.5, 0.6) is 0 Å². The smallest absolute Gasteiger partial charge is 0.253 e. The van der Waals surface area contributed by atoms with Gasteiger partial charge in [0.05, 0.1) is 0 Å². The fourth-order valence-electron chi connectivity index (χ4n) is 3.52. The molecular formula is C18H25FN2O. The average molecular weight is 304 g/mol. The second-order valence-corrected chi connectivity index (χ2v) is 6.77. The molecule has 4 heteroatoms. The molecule has 2 saturated heterocycles. The third-order valence-electron chi connectivity index (χ3n) is 5.05. The summed E-state index contributed by atoms with van der Waals surface area (Å²) in [5, 5.41) is 3.32. The molecule has 2 aliphatic heterocycles. The maximum atomic E-state index is 14.0. The van der Waals surface area contributed by atoms with Gasteiger partial charge in [-0.3, -0.25) is 4.79 Å². The molecule has 0 aromatic heterocycles. The number of hydrogen-bond donors (Lipinski definition) is 1. The van der Waals surface area contributed by atoms with Crippen molar-refractivity contribution < 1.29 is 9.18 Å². The van der Waals surface area contributed by atoms with E-state index in [0.717, 1.165) is 57.4 Å². The third-order valence-corrected chi connectivity index (χ3v) is 5.05. The van der Waals surface area contributed by atoms with Gasteiger partial charge in [0.25, 0.3) is 5.91 Å². The molecule has 0 unspecified atom stereocenters. The van der Waals surface area contributed by atoms with Crippen LogP contribution < -0.4 is 5.32 Å². The van der Waals surface area contributed by atoms with E-state index in [1.807, 2.05) is 11.0 Å². The van der Waals surface area contributed by atoms with Crippen molar-refractivity contribution in [2.75, 3.05) is 26.2 Å². The fraction of sp³-hybridized carbons (Fsp3) is 0.611. The van der Waals surface area contributed by atoms with Crippen molar-refractivity contribution in [2.45, 2.75) is 38.5 Å². The molecule has 1 N–H and O–H groups in total. The maximum Gasteiger partial charge on any atom is 0.253 e. The summed E-state index contributed by atoms with van der Waals surface area (Å²) in [6.07, 6.45) is 4.11. The molecule has 0 aliphatic carbocycles. The van der Waals surface area contributed by atoms with Gasteiger partial charge in [-0.05, 0) is 74.4 Å². The van der Waals surface area contributed by atoms with Crippen molar-refractivity contribution in [1.29, 1.82) is 0 Å². The average Bonchev–Trinajstić information content (AvgIpc) is 2.55. The molecule has 3 nitrogen and oxygen atoms in total. The van der Waals surface area contributed by atoms with Crippen LogP contribution in [0.25, 0.3) is 0 Å². The lowest BCUT2D eigenvalue weighted by Crippen LogP contribution is -2.38. The summed E-state index contributed by atoms with van der Waals surface area (Å²) in [5.41, 5.74) is 1.50. The van der Waals surface area contributed by atoms with E-state index < -0.39 is 0 Å². The van der Waals surface area contributed by atoms with Crippen LogP contribution in [0.3, 0.4) is 0 Å². The number of carbonyl (C=O) groups excluding carboxylic acids is 1. The van der Waals surface area contributed by atoms with Gasteiger partial charge >= 0.3 is 0 Å². The Hall–Kier alpha value is -1.42. The minimum Gasteiger partial charge on any atom is -0.339 e. The minimum atomic E-state index is -0.287. The maximum absolute atomic E-state index is 14.0. The van der Waals surface area contributed by atoms with Gasteiger partial charge in [-0.2, -0.15) is 0 Å². The zero-order valence-electron chi connectivity index (χ0n) is 13.3. The molecule has 0 bridgehead atoms. The van der Waals surface area contributed by atoms with Gasteiger partial charge < -0.3 is 10.2 Å². The summed E-state index contributed by atoms with van der Waals surface area (Å²) >= 11 is 0. The molecular weight excluding hydrogens is 279 g/mol. The zero-order chi connectivity index (χ0) is 15.5. The van der Waals surface area contributed by atoms with Crippen molar-refractivity contribution in [2.24, 2.45) is 5.92 Å². The SMILES string of the molecule is CC1CCN(C(=O)c2cc(F)cc(C3CCNCC3)c2)CC1. The van der Waals surface area contributed by atoms with Crippen molar-refractivity contribution in [3.63, 3.8) is 0 Å². The van der Waals surface area contributed by atoms with E-state index in [4.69, 9.17) is 0 Å². The Kier molecular flexibility index (Phi) is 4.77. The van der Waals surface area contributed by atoms with Crippen LogP contribution in [-0.4, -0.2) is 37.0 Å². The van der Waals surface area contributed by atoms with Crippen LogP contribution in [0.2, 0.25) is 0 Å². The van der Waals surface area contributed by atoms with Gasteiger partial charge in [0.2, 0.25) is 0 Å². The Balaban J connectivity index is 1.78. The Morgan fingerprint density at radius 1 is 1.14 bits per heavy atom. The molecule has 0 radical (unpaired) electrons. The molecule has 120 valence electrons. The van der Waals surface area contributed by atoms with Crippen LogP contribution in [0, 0.1) is 11.7 Å². The van der Waals surface area contributed by atoms with E-state index in [1.165, 1.54) is 6.07 Å². The highest BCUT2D eigenvalue weighted by Gasteiger charge is 2.23. The molecule has 2 heterocycles. The quantitative estimate of drug-likeness (QED) is 0.910. The van der Waals surface area contributed by atoms with Gasteiger partial charge in [0.1, 0.15) is 5.82 Å². The van der Waals surface area contributed by atoms with E-state index in [0.29, 0.717) is 17.4 Å². The lowest BCUT2D eigenvalue weighted by molar-refractivity contribution is 0.0696. The second-order valence-electron chi connectivity index (χ2n) is 6.77. The monoisotopic (exact) mass is 304 g/mol. The first-order valence-corrected chi connectivity index (χ1v) is 8.44. The summed E-state index contributed by atoms with van der Waals surface area (Å²) in [6.45, 7) is 5.74. The van der Waals surface area contributed by atoms with Gasteiger partial charge in [0.15, 0.2) is 0 Å². The normalized spacial score (nSPS) is 21.1. The zero-order valence-corrected chi connectivity index (χ0v) is 13.3. The Bertz CT molecular complexity index is 532. The second kappa shape index (κ2) is 6.78. The molecule has 0 atom stereocenters. The minimum absolute atomic E-state index is 0.0124. The summed E-state index contributed by atoms with van der Waals surface area (Å²) < 4.78 is 14.0. The number of nitrogens with one attached hydrogen (secondary N) is 1. The number of amides is 1. The van der Waals surface area contributed by atoms with Gasteiger partial charge in [0, 0.05) is 18.7 Å². The lowest BCUT2D eigenvalue weighted by Gasteiger charge is -2.30. The molecule has 0 saturated carbocycles. The van der Waals surface area contributed by atoms with Gasteiger partial charge in [-0.25, -0.2) is 4.39 Å². The molecule has 22 heavy (non-hydrogen) atoms. The Labute approximate surface area is 131 Å². The van der Waals surface area contributed by atoms with Crippen molar-refractivity contribution in [1.82, 2.24) is 10.2 Å². The predicted octanol–water partition coefficient (Wildman–Crippen LogP) is 3.16. The van der Waals surface area contributed by atoms with E-state index >= 15 is 0 Å².